The molecule has 0 aromatic heterocycles. The van der Waals surface area contributed by atoms with Crippen LogP contribution in [0.15, 0.2) is 36.4 Å². The van der Waals surface area contributed by atoms with Gasteiger partial charge in [0.1, 0.15) is 22.9 Å². The van der Waals surface area contributed by atoms with Crippen molar-refractivity contribution in [2.45, 2.75) is 51.7 Å². The molecule has 0 bridgehead atoms. The third-order valence-electron chi connectivity index (χ3n) is 6.67. The molecule has 2 aliphatic rings. The van der Waals surface area contributed by atoms with Crippen molar-refractivity contribution in [1.29, 1.82) is 5.41 Å². The van der Waals surface area contributed by atoms with Crippen LogP contribution in [0.5, 0.6) is 11.5 Å². The summed E-state index contributed by atoms with van der Waals surface area (Å²) in [7, 11) is 0. The van der Waals surface area contributed by atoms with Gasteiger partial charge in [0.25, 0.3) is 5.91 Å². The van der Waals surface area contributed by atoms with E-state index in [-0.39, 0.29) is 34.8 Å². The Morgan fingerprint density at radius 1 is 1.24 bits per heavy atom. The number of aromatic hydroxyl groups is 1. The summed E-state index contributed by atoms with van der Waals surface area (Å²) >= 11 is 6.08. The van der Waals surface area contributed by atoms with Crippen molar-refractivity contribution < 1.29 is 28.6 Å². The van der Waals surface area contributed by atoms with Gasteiger partial charge < -0.3 is 24.9 Å². The van der Waals surface area contributed by atoms with Crippen molar-refractivity contribution in [1.82, 2.24) is 4.90 Å². The summed E-state index contributed by atoms with van der Waals surface area (Å²) in [5, 5.41) is 18.2. The highest BCUT2D eigenvalue weighted by atomic mass is 35.5. The maximum atomic E-state index is 13.5. The number of halogens is 2. The smallest absolute Gasteiger partial charge is 0.415 e. The number of fused-ring (bicyclic) bond motifs is 1. The number of nitrogens with one attached hydrogen (secondary N) is 1. The number of anilines is 1. The van der Waals surface area contributed by atoms with E-state index in [9.17, 15) is 19.1 Å². The third kappa shape index (κ3) is 5.98. The van der Waals surface area contributed by atoms with E-state index < -0.39 is 23.2 Å². The van der Waals surface area contributed by atoms with Crippen molar-refractivity contribution in [2.24, 2.45) is 5.41 Å². The number of carbonyl (C=O) groups is 2. The highest BCUT2D eigenvalue weighted by Gasteiger charge is 2.41. The van der Waals surface area contributed by atoms with Crippen LogP contribution in [0.25, 0.3) is 0 Å². The molecule has 2 amide bonds. The van der Waals surface area contributed by atoms with Gasteiger partial charge in [0.05, 0.1) is 17.3 Å². The minimum atomic E-state index is -1.01. The first kappa shape index (κ1) is 26.7. The number of hydrogen-bond donors (Lipinski definition) is 2. The molecule has 2 heterocycles. The summed E-state index contributed by atoms with van der Waals surface area (Å²) in [4.78, 5) is 29.5. The fraction of sp³-hybridized carbons (Fsp3) is 0.444. The Hall–Kier alpha value is -3.33. The van der Waals surface area contributed by atoms with Crippen molar-refractivity contribution in [2.75, 3.05) is 24.5 Å². The molecule has 10 heteroatoms. The van der Waals surface area contributed by atoms with E-state index in [1.807, 2.05) is 0 Å². The largest absolute Gasteiger partial charge is 0.506 e. The average Bonchev–Trinajstić information content (AvgIpc) is 2.84. The van der Waals surface area contributed by atoms with Crippen LogP contribution < -0.4 is 9.64 Å². The number of carbonyl (C=O) groups excluding carboxylic acids is 2. The lowest BCUT2D eigenvalue weighted by atomic mass is 9.74. The summed E-state index contributed by atoms with van der Waals surface area (Å²) in [5.74, 6) is -0.682. The number of nitrogens with zero attached hydrogens (tertiary/aromatic N) is 2. The summed E-state index contributed by atoms with van der Waals surface area (Å²) in [6.45, 7) is 5.96. The van der Waals surface area contributed by atoms with E-state index in [2.05, 4.69) is 0 Å². The molecule has 37 heavy (non-hydrogen) atoms. The summed E-state index contributed by atoms with van der Waals surface area (Å²) in [6, 6.07) is 8.95. The fourth-order valence-corrected chi connectivity index (χ4v) is 4.83. The summed E-state index contributed by atoms with van der Waals surface area (Å²) < 4.78 is 24.8. The number of ether oxygens (including phenoxy) is 2. The van der Waals surface area contributed by atoms with Gasteiger partial charge in [-0.25, -0.2) is 9.18 Å². The Labute approximate surface area is 220 Å². The first-order chi connectivity index (χ1) is 17.4. The zero-order valence-electron chi connectivity index (χ0n) is 21.1. The fourth-order valence-electron chi connectivity index (χ4n) is 4.67. The van der Waals surface area contributed by atoms with Crippen LogP contribution in [0, 0.1) is 16.6 Å². The molecule has 1 atom stereocenters. The van der Waals surface area contributed by atoms with Gasteiger partial charge in [0.2, 0.25) is 0 Å². The normalized spacial score (nSPS) is 19.0. The van der Waals surface area contributed by atoms with E-state index >= 15 is 0 Å². The summed E-state index contributed by atoms with van der Waals surface area (Å²) in [5.41, 5.74) is 0.0495. The molecular weight excluding hydrogens is 501 g/mol. The molecule has 4 rings (SSSR count). The number of amides is 2. The zero-order valence-corrected chi connectivity index (χ0v) is 21.8. The van der Waals surface area contributed by atoms with Crippen LogP contribution in [0.3, 0.4) is 0 Å². The van der Waals surface area contributed by atoms with Crippen molar-refractivity contribution >= 4 is 35.5 Å². The highest BCUT2D eigenvalue weighted by molar-refractivity contribution is 6.32. The molecule has 8 nitrogen and oxygen atoms in total. The molecule has 1 fully saturated rings. The van der Waals surface area contributed by atoms with Crippen molar-refractivity contribution in [3.05, 3.63) is 52.8 Å². The monoisotopic (exact) mass is 531 g/mol. The lowest BCUT2D eigenvalue weighted by Crippen LogP contribution is -2.55. The number of piperidine rings is 1. The standard InChI is InChI=1S/C27H31ClFN3O5/c1-26(2,3)37-25(35)32-15-23(36-22-13-21(33)19(28)12-20(22)32)24(34)31-10-8-27(16-30,9-11-31)14-17-4-6-18(29)7-5-17/h4-7,12-13,16,23,30,33H,8-11,14-15H2,1-3H3. The van der Waals surface area contributed by atoms with E-state index in [0.29, 0.717) is 38.0 Å². The predicted molar refractivity (Wildman–Crippen MR) is 138 cm³/mol. The van der Waals surface area contributed by atoms with Gasteiger partial charge in [-0.3, -0.25) is 9.69 Å². The van der Waals surface area contributed by atoms with Gasteiger partial charge in [-0.2, -0.15) is 0 Å². The SMILES string of the molecule is CC(C)(C)OC(=O)N1CC(C(=O)N2CCC(C=N)(Cc3ccc(F)cc3)CC2)Oc2cc(O)c(Cl)cc21. The van der Waals surface area contributed by atoms with Gasteiger partial charge in [-0.1, -0.05) is 23.7 Å². The Balaban J connectivity index is 1.50. The Bertz CT molecular complexity index is 1190. The topological polar surface area (TPSA) is 103 Å². The van der Waals surface area contributed by atoms with E-state index in [1.165, 1.54) is 35.4 Å². The van der Waals surface area contributed by atoms with Gasteiger partial charge >= 0.3 is 6.09 Å². The van der Waals surface area contributed by atoms with Crippen molar-refractivity contribution in [3.63, 3.8) is 0 Å². The first-order valence-corrected chi connectivity index (χ1v) is 12.5. The maximum Gasteiger partial charge on any atom is 0.415 e. The van der Waals surface area contributed by atoms with Gasteiger partial charge in [0, 0.05) is 30.8 Å². The number of hydrogen-bond acceptors (Lipinski definition) is 6. The van der Waals surface area contributed by atoms with Crippen LogP contribution in [0.1, 0.15) is 39.2 Å². The maximum absolute atomic E-state index is 13.5. The van der Waals surface area contributed by atoms with Crippen LogP contribution >= 0.6 is 11.6 Å². The first-order valence-electron chi connectivity index (χ1n) is 12.1. The average molecular weight is 532 g/mol. The molecule has 0 radical (unpaired) electrons. The Morgan fingerprint density at radius 2 is 1.89 bits per heavy atom. The molecule has 0 aliphatic carbocycles. The van der Waals surface area contributed by atoms with Crippen LogP contribution in [-0.4, -0.2) is 59.6 Å². The lowest BCUT2D eigenvalue weighted by Gasteiger charge is -2.42. The zero-order chi connectivity index (χ0) is 27.0. The highest BCUT2D eigenvalue weighted by Crippen LogP contribution is 2.42. The predicted octanol–water partition coefficient (Wildman–Crippen LogP) is 5.19. The number of phenolic OH excluding ortho intramolecular Hbond substituents is 1. The second kappa shape index (κ2) is 10.2. The Kier molecular flexibility index (Phi) is 7.37. The quantitative estimate of drug-likeness (QED) is 0.529. The molecule has 2 N–H and O–H groups in total. The second-order valence-electron chi connectivity index (χ2n) is 10.6. The van der Waals surface area contributed by atoms with Gasteiger partial charge in [0.15, 0.2) is 6.10 Å². The van der Waals surface area contributed by atoms with E-state index in [1.54, 1.807) is 37.8 Å². The number of benzene rings is 2. The number of phenols is 1. The van der Waals surface area contributed by atoms with Crippen LogP contribution in [0.4, 0.5) is 14.9 Å². The van der Waals surface area contributed by atoms with E-state index in [0.717, 1.165) is 5.56 Å². The van der Waals surface area contributed by atoms with Gasteiger partial charge in [-0.15, -0.1) is 0 Å². The minimum Gasteiger partial charge on any atom is -0.506 e. The molecule has 1 unspecified atom stereocenters. The molecule has 2 aromatic rings. The van der Waals surface area contributed by atoms with Gasteiger partial charge in [-0.05, 0) is 63.8 Å². The number of rotatable bonds is 4. The minimum absolute atomic E-state index is 0.0425. The molecular formula is C27H31ClFN3O5. The van der Waals surface area contributed by atoms with Crippen LogP contribution in [0.2, 0.25) is 5.02 Å². The van der Waals surface area contributed by atoms with E-state index in [4.69, 9.17) is 26.5 Å². The molecule has 2 aromatic carbocycles. The molecule has 1 saturated heterocycles. The summed E-state index contributed by atoms with van der Waals surface area (Å²) in [6.07, 6.45) is 1.48. The molecule has 0 spiro atoms. The molecule has 0 saturated carbocycles. The Morgan fingerprint density at radius 3 is 2.49 bits per heavy atom. The molecule has 2 aliphatic heterocycles. The second-order valence-corrected chi connectivity index (χ2v) is 11.0. The van der Waals surface area contributed by atoms with Crippen LogP contribution in [-0.2, 0) is 16.0 Å². The van der Waals surface area contributed by atoms with Crippen molar-refractivity contribution in [3.8, 4) is 11.5 Å². The molecule has 198 valence electrons. The third-order valence-corrected chi connectivity index (χ3v) is 6.98. The number of likely N-dealkylation sites (tertiary alicyclic amines) is 1. The lowest BCUT2D eigenvalue weighted by molar-refractivity contribution is -0.140.